The van der Waals surface area contributed by atoms with Gasteiger partial charge in [0, 0.05) is 31.1 Å². The van der Waals surface area contributed by atoms with E-state index < -0.39 is 23.0 Å². The Kier molecular flexibility index (Phi) is 5.28. The van der Waals surface area contributed by atoms with Crippen molar-refractivity contribution in [2.45, 2.75) is 18.8 Å². The van der Waals surface area contributed by atoms with Gasteiger partial charge in [0.15, 0.2) is 11.5 Å². The minimum absolute atomic E-state index is 0.0431. The van der Waals surface area contributed by atoms with E-state index in [1.165, 1.54) is 24.3 Å². The van der Waals surface area contributed by atoms with E-state index in [1.54, 1.807) is 36.0 Å². The van der Waals surface area contributed by atoms with Crippen LogP contribution in [0.1, 0.15) is 29.3 Å². The van der Waals surface area contributed by atoms with Gasteiger partial charge in [0.1, 0.15) is 40.1 Å². The van der Waals surface area contributed by atoms with Crippen LogP contribution in [0.25, 0.3) is 17.2 Å². The number of hydrogen-bond acceptors (Lipinski definition) is 7. The molecule has 0 aliphatic carbocycles. The van der Waals surface area contributed by atoms with E-state index in [9.17, 15) is 18.7 Å². The third kappa shape index (κ3) is 3.70. The van der Waals surface area contributed by atoms with Crippen molar-refractivity contribution in [2.24, 2.45) is 0 Å². The summed E-state index contributed by atoms with van der Waals surface area (Å²) in [5, 5.41) is 13.0. The third-order valence-electron chi connectivity index (χ3n) is 6.61. The number of carbonyl (C=O) groups excluding carboxylic acids is 1. The lowest BCUT2D eigenvalue weighted by atomic mass is 9.77. The molecule has 6 rings (SSSR count). The van der Waals surface area contributed by atoms with Crippen molar-refractivity contribution in [3.05, 3.63) is 94.0 Å². The smallest absolute Gasteiger partial charge is 0.240 e. The predicted octanol–water partition coefficient (Wildman–Crippen LogP) is 4.25. The van der Waals surface area contributed by atoms with E-state index in [0.717, 1.165) is 6.07 Å². The molecule has 0 spiro atoms. The van der Waals surface area contributed by atoms with Crippen LogP contribution in [-0.2, 0) is 16.6 Å². The van der Waals surface area contributed by atoms with Crippen molar-refractivity contribution < 1.29 is 18.7 Å². The number of nitrogens with zero attached hydrogens (tertiary/aromatic N) is 5. The van der Waals surface area contributed by atoms with E-state index in [4.69, 9.17) is 17.3 Å². The molecule has 1 unspecified atom stereocenters. The third-order valence-corrected chi connectivity index (χ3v) is 6.93. The minimum atomic E-state index is -1.28. The van der Waals surface area contributed by atoms with E-state index >= 15 is 0 Å². The van der Waals surface area contributed by atoms with Gasteiger partial charge in [-0.25, -0.2) is 28.7 Å². The lowest BCUT2D eigenvalue weighted by Gasteiger charge is -2.23. The molecule has 1 aliphatic rings. The van der Waals surface area contributed by atoms with Gasteiger partial charge < -0.3 is 20.6 Å². The van der Waals surface area contributed by atoms with Gasteiger partial charge in [-0.05, 0) is 42.3 Å². The van der Waals surface area contributed by atoms with Gasteiger partial charge in [-0.3, -0.25) is 4.79 Å². The summed E-state index contributed by atoms with van der Waals surface area (Å²) in [6.07, 6.45) is 5.00. The summed E-state index contributed by atoms with van der Waals surface area (Å²) < 4.78 is 29.3. The van der Waals surface area contributed by atoms with Crippen LogP contribution in [0.15, 0.2) is 55.0 Å². The molecule has 0 saturated heterocycles. The Labute approximate surface area is 219 Å². The summed E-state index contributed by atoms with van der Waals surface area (Å²) in [5.41, 5.74) is 7.53. The van der Waals surface area contributed by atoms with Crippen LogP contribution < -0.4 is 11.1 Å². The average molecular weight is 534 g/mol. The Bertz CT molecular complexity index is 1770. The molecule has 0 radical (unpaired) electrons. The first-order valence-corrected chi connectivity index (χ1v) is 11.8. The fourth-order valence-corrected chi connectivity index (χ4v) is 4.87. The van der Waals surface area contributed by atoms with Gasteiger partial charge >= 0.3 is 0 Å². The molecule has 1 aliphatic heterocycles. The molecule has 12 heteroatoms. The quantitative estimate of drug-likeness (QED) is 0.314. The second-order valence-electron chi connectivity index (χ2n) is 9.09. The van der Waals surface area contributed by atoms with Gasteiger partial charge in [0.25, 0.3) is 0 Å². The molecule has 9 nitrogen and oxygen atoms in total. The van der Waals surface area contributed by atoms with Crippen molar-refractivity contribution in [1.82, 2.24) is 24.3 Å². The number of aromatic nitrogens is 5. The molecule has 3 aromatic heterocycles. The zero-order chi connectivity index (χ0) is 26.8. The summed E-state index contributed by atoms with van der Waals surface area (Å²) in [6.45, 7) is 1.66. The van der Waals surface area contributed by atoms with Crippen LogP contribution in [0, 0.1) is 11.6 Å². The molecule has 1 amide bonds. The number of hydrogen-bond donors (Lipinski definition) is 3. The van der Waals surface area contributed by atoms with Crippen LogP contribution in [-0.4, -0.2) is 35.4 Å². The Morgan fingerprint density at radius 1 is 1.13 bits per heavy atom. The molecule has 1 atom stereocenters. The Morgan fingerprint density at radius 2 is 1.89 bits per heavy atom. The number of amides is 1. The summed E-state index contributed by atoms with van der Waals surface area (Å²) >= 11 is 5.95. The zero-order valence-electron chi connectivity index (χ0n) is 19.7. The van der Waals surface area contributed by atoms with E-state index in [0.29, 0.717) is 33.7 Å². The Morgan fingerprint density at radius 3 is 2.63 bits per heavy atom. The first-order chi connectivity index (χ1) is 18.1. The molecule has 0 saturated carbocycles. The standard InChI is InChI=1S/C26H18ClF2N7O2/c1-26(13-2-3-16(27)19(37)9-13)20-21(30)33-22(34-23(20)35-25(26)38)18-11-36-5-4-31-24(36)17(32-18)8-12-6-14(28)10-15(29)7-12/h2-7,9-11,37H,8H2,1H3,(H3,30,33,34,35,38). The van der Waals surface area contributed by atoms with Gasteiger partial charge in [0.2, 0.25) is 5.91 Å². The number of nitrogens with two attached hydrogens (primary N) is 1. The number of nitrogen functional groups attached to an aromatic ring is 1. The summed E-state index contributed by atoms with van der Waals surface area (Å²) in [4.78, 5) is 31.1. The number of benzene rings is 2. The number of nitrogens with one attached hydrogen (secondary N) is 1. The van der Waals surface area contributed by atoms with Crippen molar-refractivity contribution in [3.63, 3.8) is 0 Å². The highest BCUT2D eigenvalue weighted by molar-refractivity contribution is 6.32. The SMILES string of the molecule is CC1(c2ccc(Cl)c(O)c2)C(=O)Nc2nc(-c3cn4ccnc4c(Cc4cc(F)cc(F)c4)n3)nc(N)c21. The van der Waals surface area contributed by atoms with Gasteiger partial charge in [-0.1, -0.05) is 17.7 Å². The van der Waals surface area contributed by atoms with Crippen molar-refractivity contribution in [3.8, 4) is 17.3 Å². The maximum absolute atomic E-state index is 13.8. The molecule has 4 N–H and O–H groups in total. The van der Waals surface area contributed by atoms with Crippen LogP contribution in [0.3, 0.4) is 0 Å². The maximum Gasteiger partial charge on any atom is 0.240 e. The van der Waals surface area contributed by atoms with Gasteiger partial charge in [-0.2, -0.15) is 0 Å². The molecule has 0 bridgehead atoms. The van der Waals surface area contributed by atoms with E-state index in [-0.39, 0.29) is 34.7 Å². The molecular weight excluding hydrogens is 516 g/mol. The molecule has 38 heavy (non-hydrogen) atoms. The van der Waals surface area contributed by atoms with Crippen molar-refractivity contribution >= 4 is 34.8 Å². The summed E-state index contributed by atoms with van der Waals surface area (Å²) in [6, 6.07) is 7.77. The number of phenols is 1. The van der Waals surface area contributed by atoms with Crippen molar-refractivity contribution in [1.29, 1.82) is 0 Å². The number of fused-ring (bicyclic) bond motifs is 2. The first kappa shape index (κ1) is 23.7. The van der Waals surface area contributed by atoms with Gasteiger partial charge in [0.05, 0.1) is 16.3 Å². The predicted molar refractivity (Wildman–Crippen MR) is 136 cm³/mol. The van der Waals surface area contributed by atoms with Crippen molar-refractivity contribution in [2.75, 3.05) is 11.1 Å². The lowest BCUT2D eigenvalue weighted by molar-refractivity contribution is -0.119. The number of phenolic OH excluding ortho intramolecular Hbond substituents is 1. The average Bonchev–Trinajstić information content (AvgIpc) is 3.43. The zero-order valence-corrected chi connectivity index (χ0v) is 20.5. The molecule has 190 valence electrons. The van der Waals surface area contributed by atoms with Crippen LogP contribution in [0.5, 0.6) is 5.75 Å². The van der Waals surface area contributed by atoms with Crippen LogP contribution >= 0.6 is 11.6 Å². The molecular formula is C26H18ClF2N7O2. The molecule has 2 aromatic carbocycles. The number of anilines is 2. The fourth-order valence-electron chi connectivity index (χ4n) is 4.75. The lowest BCUT2D eigenvalue weighted by Crippen LogP contribution is -2.32. The first-order valence-electron chi connectivity index (χ1n) is 11.4. The number of carbonyl (C=O) groups is 1. The molecule has 0 fully saturated rings. The summed E-state index contributed by atoms with van der Waals surface area (Å²) in [5.74, 6) is -1.59. The number of imidazole rings is 1. The van der Waals surface area contributed by atoms with E-state index in [1.807, 2.05) is 0 Å². The second-order valence-corrected chi connectivity index (χ2v) is 9.49. The van der Waals surface area contributed by atoms with E-state index in [2.05, 4.69) is 25.3 Å². The number of halogens is 3. The molecule has 4 heterocycles. The number of aromatic hydroxyl groups is 1. The van der Waals surface area contributed by atoms with Crippen LogP contribution in [0.2, 0.25) is 5.02 Å². The van der Waals surface area contributed by atoms with Crippen LogP contribution in [0.4, 0.5) is 20.4 Å². The normalized spacial score (nSPS) is 16.6. The second kappa shape index (κ2) is 8.45. The highest BCUT2D eigenvalue weighted by atomic mass is 35.5. The highest BCUT2D eigenvalue weighted by Gasteiger charge is 2.47. The number of rotatable bonds is 4. The molecule has 5 aromatic rings. The summed E-state index contributed by atoms with van der Waals surface area (Å²) in [7, 11) is 0. The Hall–Kier alpha value is -4.64. The maximum atomic E-state index is 13.8. The highest BCUT2D eigenvalue weighted by Crippen LogP contribution is 2.46. The van der Waals surface area contributed by atoms with Gasteiger partial charge in [-0.15, -0.1) is 0 Å². The minimum Gasteiger partial charge on any atom is -0.506 e. The Balaban J connectivity index is 1.46. The monoisotopic (exact) mass is 533 g/mol. The largest absolute Gasteiger partial charge is 0.506 e. The topological polar surface area (TPSA) is 131 Å². The fraction of sp³-hybridized carbons (Fsp3) is 0.115.